The van der Waals surface area contributed by atoms with Gasteiger partial charge < -0.3 is 0 Å². The van der Waals surface area contributed by atoms with Crippen molar-refractivity contribution in [3.05, 3.63) is 29.8 Å². The lowest BCUT2D eigenvalue weighted by Crippen LogP contribution is -2.24. The second kappa shape index (κ2) is 7.41. The van der Waals surface area contributed by atoms with Crippen LogP contribution in [0.1, 0.15) is 32.8 Å². The van der Waals surface area contributed by atoms with Crippen molar-refractivity contribution in [2.24, 2.45) is 5.92 Å². The highest BCUT2D eigenvalue weighted by atomic mass is 79.9. The Morgan fingerprint density at radius 2 is 1.89 bits per heavy atom. The molecule has 1 rings (SSSR count). The van der Waals surface area contributed by atoms with Crippen molar-refractivity contribution in [3.63, 3.8) is 0 Å². The molecule has 1 unspecified atom stereocenters. The van der Waals surface area contributed by atoms with E-state index in [1.807, 2.05) is 12.1 Å². The lowest BCUT2D eigenvalue weighted by Gasteiger charge is -2.15. The van der Waals surface area contributed by atoms with Crippen LogP contribution in [0.3, 0.4) is 0 Å². The molecule has 5 heteroatoms. The Hall–Kier alpha value is -0.390. The van der Waals surface area contributed by atoms with E-state index >= 15 is 0 Å². The molecule has 0 saturated heterocycles. The third-order valence-corrected chi connectivity index (χ3v) is 5.11. The Bertz CT molecular complexity index is 500. The Morgan fingerprint density at radius 3 is 2.47 bits per heavy atom. The molecule has 0 fully saturated rings. The molecule has 0 aliphatic carbocycles. The number of benzene rings is 1. The van der Waals surface area contributed by atoms with E-state index in [1.165, 1.54) is 0 Å². The van der Waals surface area contributed by atoms with E-state index in [-0.39, 0.29) is 0 Å². The highest BCUT2D eigenvalue weighted by Crippen LogP contribution is 2.22. The summed E-state index contributed by atoms with van der Waals surface area (Å²) in [5, 5.41) is 0. The molecule has 0 heterocycles. The normalized spacial score (nSPS) is 13.7. The maximum Gasteiger partial charge on any atom is 0.240 e. The lowest BCUT2D eigenvalue weighted by atomic mass is 10.0. The van der Waals surface area contributed by atoms with Crippen LogP contribution < -0.4 is 4.72 Å². The van der Waals surface area contributed by atoms with E-state index in [9.17, 15) is 8.42 Å². The average Bonchev–Trinajstić information content (AvgIpc) is 2.28. The number of halogens is 1. The molecule has 0 saturated carbocycles. The van der Waals surface area contributed by atoms with Gasteiger partial charge in [-0.2, -0.15) is 0 Å². The molecule has 0 bridgehead atoms. The SMILES string of the molecule is CCNS(=O)(=O)c1ccccc1CC(Br)CC(C)C. The minimum absolute atomic E-state index is 0.297. The van der Waals surface area contributed by atoms with Crippen molar-refractivity contribution in [1.82, 2.24) is 4.72 Å². The summed E-state index contributed by atoms with van der Waals surface area (Å²) in [7, 11) is -3.39. The zero-order valence-corrected chi connectivity index (χ0v) is 14.1. The largest absolute Gasteiger partial charge is 0.240 e. The first-order chi connectivity index (χ1) is 8.86. The number of sulfonamides is 1. The number of alkyl halides is 1. The van der Waals surface area contributed by atoms with Crippen molar-refractivity contribution in [2.75, 3.05) is 6.54 Å². The molecule has 3 nitrogen and oxygen atoms in total. The maximum absolute atomic E-state index is 12.1. The molecular formula is C14H22BrNO2S. The number of hydrogen-bond donors (Lipinski definition) is 1. The highest BCUT2D eigenvalue weighted by Gasteiger charge is 2.19. The Balaban J connectivity index is 2.97. The van der Waals surface area contributed by atoms with Crippen LogP contribution in [-0.2, 0) is 16.4 Å². The standard InChI is InChI=1S/C14H22BrNO2S/c1-4-16-19(17,18)14-8-6-5-7-12(14)10-13(15)9-11(2)3/h5-8,11,13,16H,4,9-10H2,1-3H3. The van der Waals surface area contributed by atoms with Crippen LogP contribution in [0, 0.1) is 5.92 Å². The monoisotopic (exact) mass is 347 g/mol. The van der Waals surface area contributed by atoms with Gasteiger partial charge in [0.05, 0.1) is 4.90 Å². The Morgan fingerprint density at radius 1 is 1.26 bits per heavy atom. The van der Waals surface area contributed by atoms with Crippen LogP contribution in [0.4, 0.5) is 0 Å². The van der Waals surface area contributed by atoms with Crippen LogP contribution in [0.25, 0.3) is 0 Å². The van der Waals surface area contributed by atoms with Crippen LogP contribution in [-0.4, -0.2) is 19.8 Å². The molecule has 1 atom stereocenters. The molecule has 1 aromatic rings. The smallest absolute Gasteiger partial charge is 0.211 e. The Labute approximate surface area is 125 Å². The molecule has 0 radical (unpaired) electrons. The predicted molar refractivity (Wildman–Crippen MR) is 83.2 cm³/mol. The summed E-state index contributed by atoms with van der Waals surface area (Å²) >= 11 is 3.64. The van der Waals surface area contributed by atoms with Gasteiger partial charge in [0.2, 0.25) is 10.0 Å². The zero-order chi connectivity index (χ0) is 14.5. The minimum atomic E-state index is -3.39. The summed E-state index contributed by atoms with van der Waals surface area (Å²) in [6, 6.07) is 7.20. The van der Waals surface area contributed by atoms with Gasteiger partial charge in [0, 0.05) is 11.4 Å². The van der Waals surface area contributed by atoms with Gasteiger partial charge in [-0.05, 0) is 30.4 Å². The van der Waals surface area contributed by atoms with Gasteiger partial charge in [-0.1, -0.05) is 54.9 Å². The van der Waals surface area contributed by atoms with Crippen LogP contribution in [0.2, 0.25) is 0 Å². The summed E-state index contributed by atoms with van der Waals surface area (Å²) in [6.07, 6.45) is 1.74. The van der Waals surface area contributed by atoms with Crippen LogP contribution in [0.5, 0.6) is 0 Å². The summed E-state index contributed by atoms with van der Waals surface area (Å²) in [5.41, 5.74) is 0.867. The number of hydrogen-bond acceptors (Lipinski definition) is 2. The van der Waals surface area contributed by atoms with E-state index in [4.69, 9.17) is 0 Å². The van der Waals surface area contributed by atoms with Gasteiger partial charge in [0.25, 0.3) is 0 Å². The molecule has 19 heavy (non-hydrogen) atoms. The third kappa shape index (κ3) is 5.24. The number of nitrogens with one attached hydrogen (secondary N) is 1. The number of rotatable bonds is 7. The average molecular weight is 348 g/mol. The second-order valence-electron chi connectivity index (χ2n) is 5.04. The van der Waals surface area contributed by atoms with Crippen molar-refractivity contribution in [3.8, 4) is 0 Å². The van der Waals surface area contributed by atoms with Gasteiger partial charge in [-0.3, -0.25) is 0 Å². The van der Waals surface area contributed by atoms with Crippen molar-refractivity contribution in [1.29, 1.82) is 0 Å². The van der Waals surface area contributed by atoms with E-state index in [2.05, 4.69) is 34.5 Å². The molecule has 0 aliphatic rings. The van der Waals surface area contributed by atoms with Gasteiger partial charge in [-0.15, -0.1) is 0 Å². The molecule has 1 N–H and O–H groups in total. The van der Waals surface area contributed by atoms with Gasteiger partial charge in [0.1, 0.15) is 0 Å². The van der Waals surface area contributed by atoms with Crippen LogP contribution >= 0.6 is 15.9 Å². The summed E-state index contributed by atoms with van der Waals surface area (Å²) in [6.45, 7) is 6.51. The van der Waals surface area contributed by atoms with E-state index in [0.29, 0.717) is 22.2 Å². The molecule has 0 spiro atoms. The maximum atomic E-state index is 12.1. The zero-order valence-electron chi connectivity index (χ0n) is 11.7. The fourth-order valence-corrected chi connectivity index (χ4v) is 4.42. The first kappa shape index (κ1) is 16.7. The summed E-state index contributed by atoms with van der Waals surface area (Å²) < 4.78 is 26.8. The first-order valence-corrected chi connectivity index (χ1v) is 8.98. The first-order valence-electron chi connectivity index (χ1n) is 6.58. The third-order valence-electron chi connectivity index (χ3n) is 2.77. The minimum Gasteiger partial charge on any atom is -0.211 e. The molecular weight excluding hydrogens is 326 g/mol. The molecule has 0 aliphatic heterocycles. The van der Waals surface area contributed by atoms with Gasteiger partial charge in [0.15, 0.2) is 0 Å². The quantitative estimate of drug-likeness (QED) is 0.769. The Kier molecular flexibility index (Phi) is 6.50. The van der Waals surface area contributed by atoms with E-state index in [1.54, 1.807) is 19.1 Å². The van der Waals surface area contributed by atoms with Crippen molar-refractivity contribution < 1.29 is 8.42 Å². The molecule has 1 aromatic carbocycles. The predicted octanol–water partition coefficient (Wildman–Crippen LogP) is 3.34. The van der Waals surface area contributed by atoms with Crippen molar-refractivity contribution >= 4 is 26.0 Å². The molecule has 108 valence electrons. The fraction of sp³-hybridized carbons (Fsp3) is 0.571. The van der Waals surface area contributed by atoms with Crippen LogP contribution in [0.15, 0.2) is 29.2 Å². The topological polar surface area (TPSA) is 46.2 Å². The van der Waals surface area contributed by atoms with E-state index < -0.39 is 10.0 Å². The van der Waals surface area contributed by atoms with Gasteiger partial charge >= 0.3 is 0 Å². The molecule has 0 amide bonds. The van der Waals surface area contributed by atoms with Gasteiger partial charge in [-0.25, -0.2) is 13.1 Å². The summed E-state index contributed by atoms with van der Waals surface area (Å²) in [4.78, 5) is 0.690. The highest BCUT2D eigenvalue weighted by molar-refractivity contribution is 9.09. The van der Waals surface area contributed by atoms with E-state index in [0.717, 1.165) is 18.4 Å². The van der Waals surface area contributed by atoms with Crippen molar-refractivity contribution in [2.45, 2.75) is 43.3 Å². The summed E-state index contributed by atoms with van der Waals surface area (Å²) in [5.74, 6) is 0.585. The lowest BCUT2D eigenvalue weighted by molar-refractivity contribution is 0.566. The second-order valence-corrected chi connectivity index (χ2v) is 8.07. The fourth-order valence-electron chi connectivity index (χ4n) is 2.04. The molecule has 0 aromatic heterocycles.